The molecule has 3 saturated heterocycles. The number of hydrogen-bond donors (Lipinski definition) is 1. The molecule has 1 aromatic carbocycles. The van der Waals surface area contributed by atoms with Crippen LogP contribution in [0.2, 0.25) is 5.02 Å². The molecule has 0 saturated carbocycles. The maximum Gasteiger partial charge on any atom is 0.338 e. The van der Waals surface area contributed by atoms with Crippen LogP contribution in [0.5, 0.6) is 0 Å². The van der Waals surface area contributed by atoms with Crippen molar-refractivity contribution in [3.8, 4) is 0 Å². The van der Waals surface area contributed by atoms with Crippen molar-refractivity contribution in [1.82, 2.24) is 29.9 Å². The van der Waals surface area contributed by atoms with Crippen LogP contribution < -0.4 is 5.32 Å². The van der Waals surface area contributed by atoms with Gasteiger partial charge in [-0.15, -0.1) is 11.3 Å². The van der Waals surface area contributed by atoms with Crippen molar-refractivity contribution in [1.29, 1.82) is 0 Å². The molecule has 2 amide bonds. The van der Waals surface area contributed by atoms with E-state index < -0.39 is 17.8 Å². The summed E-state index contributed by atoms with van der Waals surface area (Å²) in [6.07, 6.45) is 2.20. The summed E-state index contributed by atoms with van der Waals surface area (Å²) in [6, 6.07) is 2.63. The standard InChI is InChI=1S/C29H33ClFN7O5S/c1-35-12-17(11-22(35)27(39)42-2)38-14-18-13-36(7-8-37(18)29(38)41)15-21-23(28(40)43-3)24(19-5-4-16(31)10-20(19)30)34-25(33-21)26-32-6-9-44-26/h4-6,9-10,17-18,22,24H,7-8,11-15H2,1-3H3,(H,33,34)/t17-,18-,22+,24-/m0/s1. The Kier molecular flexibility index (Phi) is 8.59. The summed E-state index contributed by atoms with van der Waals surface area (Å²) in [5.74, 6) is -0.893. The highest BCUT2D eigenvalue weighted by atomic mass is 35.5. The average Bonchev–Trinajstić information content (AvgIpc) is 3.75. The Balaban J connectivity index is 1.25. The summed E-state index contributed by atoms with van der Waals surface area (Å²) in [5, 5.41) is 5.93. The molecule has 3 fully saturated rings. The lowest BCUT2D eigenvalue weighted by Gasteiger charge is -2.38. The molecule has 4 aliphatic rings. The molecule has 1 N–H and O–H groups in total. The van der Waals surface area contributed by atoms with Crippen molar-refractivity contribution in [3.63, 3.8) is 0 Å². The molecule has 2 aromatic rings. The van der Waals surface area contributed by atoms with E-state index >= 15 is 0 Å². The van der Waals surface area contributed by atoms with Gasteiger partial charge < -0.3 is 24.6 Å². The number of methoxy groups -OCH3 is 2. The molecule has 5 heterocycles. The second-order valence-electron chi connectivity index (χ2n) is 11.3. The van der Waals surface area contributed by atoms with E-state index in [0.717, 1.165) is 0 Å². The van der Waals surface area contributed by atoms with E-state index in [2.05, 4.69) is 15.2 Å². The third kappa shape index (κ3) is 5.67. The van der Waals surface area contributed by atoms with Gasteiger partial charge in [-0.1, -0.05) is 17.7 Å². The third-order valence-corrected chi connectivity index (χ3v) is 9.82. The number of nitrogens with one attached hydrogen (secondary N) is 1. The van der Waals surface area contributed by atoms with Gasteiger partial charge in [0.25, 0.3) is 0 Å². The lowest BCUT2D eigenvalue weighted by molar-refractivity contribution is -0.145. The molecule has 6 rings (SSSR count). The highest BCUT2D eigenvalue weighted by Crippen LogP contribution is 2.37. The number of esters is 2. The van der Waals surface area contributed by atoms with E-state index in [0.29, 0.717) is 67.8 Å². The first-order valence-electron chi connectivity index (χ1n) is 14.3. The van der Waals surface area contributed by atoms with E-state index in [-0.39, 0.29) is 40.7 Å². The fourth-order valence-electron chi connectivity index (χ4n) is 6.55. The topological polar surface area (TPSA) is 120 Å². The molecule has 4 aliphatic heterocycles. The number of piperazine rings is 1. The number of likely N-dealkylation sites (tertiary alicyclic amines) is 1. The van der Waals surface area contributed by atoms with Gasteiger partial charge in [0.2, 0.25) is 0 Å². The lowest BCUT2D eigenvalue weighted by Crippen LogP contribution is -2.53. The minimum atomic E-state index is -0.849. The van der Waals surface area contributed by atoms with Crippen LogP contribution in [0.25, 0.3) is 0 Å². The SMILES string of the molecule is COC(=O)C1=C(CN2CCN3C(=O)N([C@H]4C[C@H](C(=O)OC)N(C)C4)C[C@@H]3C2)NC(c2nccs2)=N[C@H]1c1ccc(F)cc1Cl. The Morgan fingerprint density at radius 1 is 1.14 bits per heavy atom. The van der Waals surface area contributed by atoms with Gasteiger partial charge in [-0.25, -0.2) is 19.0 Å². The largest absolute Gasteiger partial charge is 0.468 e. The number of thiazole rings is 1. The molecule has 0 radical (unpaired) electrons. The van der Waals surface area contributed by atoms with E-state index in [4.69, 9.17) is 26.1 Å². The molecule has 0 aliphatic carbocycles. The Morgan fingerprint density at radius 2 is 1.95 bits per heavy atom. The zero-order valence-corrected chi connectivity index (χ0v) is 26.1. The predicted molar refractivity (Wildman–Crippen MR) is 161 cm³/mol. The predicted octanol–water partition coefficient (Wildman–Crippen LogP) is 2.12. The number of amides is 2. The third-order valence-electron chi connectivity index (χ3n) is 8.71. The number of hydrogen-bond acceptors (Lipinski definition) is 11. The van der Waals surface area contributed by atoms with Gasteiger partial charge in [0.15, 0.2) is 10.8 Å². The number of likely N-dealkylation sites (N-methyl/N-ethyl adjacent to an activating group) is 1. The Hall–Kier alpha value is -3.59. The summed E-state index contributed by atoms with van der Waals surface area (Å²) >= 11 is 7.87. The maximum atomic E-state index is 14.0. The van der Waals surface area contributed by atoms with Crippen LogP contribution in [0.15, 0.2) is 46.0 Å². The molecule has 0 unspecified atom stereocenters. The van der Waals surface area contributed by atoms with E-state index in [1.807, 2.05) is 27.1 Å². The van der Waals surface area contributed by atoms with E-state index in [1.54, 1.807) is 6.20 Å². The number of amidine groups is 1. The van der Waals surface area contributed by atoms with Gasteiger partial charge in [-0.05, 0) is 25.6 Å². The van der Waals surface area contributed by atoms with Gasteiger partial charge in [-0.3, -0.25) is 19.6 Å². The molecule has 15 heteroatoms. The monoisotopic (exact) mass is 645 g/mol. The first-order valence-corrected chi connectivity index (χ1v) is 15.5. The van der Waals surface area contributed by atoms with Crippen molar-refractivity contribution in [2.45, 2.75) is 30.6 Å². The Labute approximate surface area is 263 Å². The number of benzene rings is 1. The normalized spacial score (nSPS) is 26.0. The molecule has 1 aromatic heterocycles. The van der Waals surface area contributed by atoms with Crippen LogP contribution in [-0.4, -0.2) is 127 Å². The van der Waals surface area contributed by atoms with Crippen molar-refractivity contribution >= 4 is 46.7 Å². The zero-order chi connectivity index (χ0) is 31.1. The quantitative estimate of drug-likeness (QED) is 0.452. The second-order valence-corrected chi connectivity index (χ2v) is 12.6. The lowest BCUT2D eigenvalue weighted by atomic mass is 9.95. The minimum absolute atomic E-state index is 0.0203. The first-order chi connectivity index (χ1) is 21.2. The van der Waals surface area contributed by atoms with Crippen LogP contribution >= 0.6 is 22.9 Å². The average molecular weight is 646 g/mol. The van der Waals surface area contributed by atoms with Crippen LogP contribution in [0.3, 0.4) is 0 Å². The van der Waals surface area contributed by atoms with Gasteiger partial charge in [-0.2, -0.15) is 0 Å². The number of nitrogens with zero attached hydrogens (tertiary/aromatic N) is 6. The number of carbonyl (C=O) groups excluding carboxylic acids is 3. The highest BCUT2D eigenvalue weighted by Gasteiger charge is 2.47. The molecular formula is C29H33ClFN7O5S. The smallest absolute Gasteiger partial charge is 0.338 e. The molecule has 234 valence electrons. The summed E-state index contributed by atoms with van der Waals surface area (Å²) in [6.45, 7) is 3.16. The van der Waals surface area contributed by atoms with Crippen LogP contribution in [0.4, 0.5) is 9.18 Å². The zero-order valence-electron chi connectivity index (χ0n) is 24.5. The number of ether oxygens (including phenoxy) is 2. The second kappa shape index (κ2) is 12.4. The fourth-order valence-corrected chi connectivity index (χ4v) is 7.41. The van der Waals surface area contributed by atoms with Gasteiger partial charge in [0, 0.05) is 73.2 Å². The Bertz CT molecular complexity index is 1520. The summed E-state index contributed by atoms with van der Waals surface area (Å²) < 4.78 is 24.1. The van der Waals surface area contributed by atoms with Gasteiger partial charge in [0.05, 0.1) is 25.8 Å². The molecule has 44 heavy (non-hydrogen) atoms. The summed E-state index contributed by atoms with van der Waals surface area (Å²) in [7, 11) is 4.56. The van der Waals surface area contributed by atoms with Crippen LogP contribution in [0, 0.1) is 5.82 Å². The highest BCUT2D eigenvalue weighted by molar-refractivity contribution is 7.11. The summed E-state index contributed by atoms with van der Waals surface area (Å²) in [5.41, 5.74) is 1.32. The maximum absolute atomic E-state index is 14.0. The van der Waals surface area contributed by atoms with Crippen molar-refractivity contribution in [2.75, 3.05) is 60.5 Å². The fraction of sp³-hybridized carbons (Fsp3) is 0.483. The van der Waals surface area contributed by atoms with Gasteiger partial charge in [0.1, 0.15) is 17.9 Å². The minimum Gasteiger partial charge on any atom is -0.468 e. The van der Waals surface area contributed by atoms with Crippen molar-refractivity contribution < 1.29 is 28.2 Å². The number of rotatable bonds is 7. The van der Waals surface area contributed by atoms with Crippen molar-refractivity contribution in [3.05, 3.63) is 62.5 Å². The van der Waals surface area contributed by atoms with Crippen LogP contribution in [-0.2, 0) is 19.1 Å². The number of fused-ring (bicyclic) bond motifs is 1. The van der Waals surface area contributed by atoms with Crippen LogP contribution in [0.1, 0.15) is 23.0 Å². The number of halogens is 2. The number of urea groups is 1. The summed E-state index contributed by atoms with van der Waals surface area (Å²) in [4.78, 5) is 56.1. The molecular weight excluding hydrogens is 613 g/mol. The molecule has 0 spiro atoms. The number of aromatic nitrogens is 1. The van der Waals surface area contributed by atoms with Gasteiger partial charge >= 0.3 is 18.0 Å². The Morgan fingerprint density at radius 3 is 2.66 bits per heavy atom. The molecule has 12 nitrogen and oxygen atoms in total. The molecule has 0 bridgehead atoms. The van der Waals surface area contributed by atoms with E-state index in [1.165, 1.54) is 43.8 Å². The first kappa shape index (κ1) is 30.4. The van der Waals surface area contributed by atoms with Crippen molar-refractivity contribution in [2.24, 2.45) is 4.99 Å². The number of aliphatic imine (C=N–C) groups is 1. The van der Waals surface area contributed by atoms with E-state index in [9.17, 15) is 18.8 Å². The number of carbonyl (C=O) groups is 3. The molecule has 4 atom stereocenters.